The molecule has 31 heavy (non-hydrogen) atoms. The van der Waals surface area contributed by atoms with E-state index in [9.17, 15) is 14.4 Å². The predicted octanol–water partition coefficient (Wildman–Crippen LogP) is 2.12. The van der Waals surface area contributed by atoms with Crippen molar-refractivity contribution < 1.29 is 18.7 Å². The molecule has 8 nitrogen and oxygen atoms in total. The molecule has 2 amide bonds. The standard InChI is InChI=1S/C23H23N3O5/c1-25-12-17-13-26(22(28)16-7-9-31-14-16)8-6-19(17)20(23(25)29)21(27)24-11-15-4-3-5-18(10-15)30-2/h3-5,7,9-10,12,14H,6,8,11,13H2,1-2H3,(H,24,27). The third-order valence-electron chi connectivity index (χ3n) is 5.44. The summed E-state index contributed by atoms with van der Waals surface area (Å²) in [5.41, 5.74) is 2.62. The second-order valence-electron chi connectivity index (χ2n) is 7.45. The van der Waals surface area contributed by atoms with E-state index in [2.05, 4.69) is 5.32 Å². The Hall–Kier alpha value is -3.81. The minimum absolute atomic E-state index is 0.137. The molecular weight excluding hydrogens is 398 g/mol. The van der Waals surface area contributed by atoms with Crippen LogP contribution in [0.1, 0.15) is 37.4 Å². The zero-order valence-corrected chi connectivity index (χ0v) is 17.4. The Morgan fingerprint density at radius 1 is 1.26 bits per heavy atom. The van der Waals surface area contributed by atoms with E-state index in [0.717, 1.165) is 11.1 Å². The number of fused-ring (bicyclic) bond motifs is 1. The third kappa shape index (κ3) is 4.09. The van der Waals surface area contributed by atoms with Crippen molar-refractivity contribution in [2.75, 3.05) is 13.7 Å². The summed E-state index contributed by atoms with van der Waals surface area (Å²) in [7, 11) is 3.19. The molecule has 3 heterocycles. The molecule has 1 aliphatic rings. The van der Waals surface area contributed by atoms with Gasteiger partial charge >= 0.3 is 0 Å². The van der Waals surface area contributed by atoms with Crippen LogP contribution in [0.2, 0.25) is 0 Å². The lowest BCUT2D eigenvalue weighted by Crippen LogP contribution is -2.40. The summed E-state index contributed by atoms with van der Waals surface area (Å²) in [6, 6.07) is 9.00. The second kappa shape index (κ2) is 8.51. The average Bonchev–Trinajstić information content (AvgIpc) is 3.32. The van der Waals surface area contributed by atoms with E-state index < -0.39 is 5.91 Å². The van der Waals surface area contributed by atoms with Crippen molar-refractivity contribution in [2.24, 2.45) is 7.05 Å². The minimum atomic E-state index is -0.421. The molecule has 1 N–H and O–H groups in total. The molecule has 0 saturated carbocycles. The summed E-state index contributed by atoms with van der Waals surface area (Å²) in [6.45, 7) is 1.01. The largest absolute Gasteiger partial charge is 0.497 e. The quantitative estimate of drug-likeness (QED) is 0.681. The Bertz CT molecular complexity index is 1180. The van der Waals surface area contributed by atoms with Crippen LogP contribution in [0.5, 0.6) is 5.75 Å². The van der Waals surface area contributed by atoms with E-state index in [4.69, 9.17) is 9.15 Å². The van der Waals surface area contributed by atoms with Gasteiger partial charge in [-0.15, -0.1) is 0 Å². The van der Waals surface area contributed by atoms with Gasteiger partial charge in [-0.25, -0.2) is 0 Å². The summed E-state index contributed by atoms with van der Waals surface area (Å²) in [5, 5.41) is 2.84. The van der Waals surface area contributed by atoms with E-state index in [0.29, 0.717) is 36.4 Å². The van der Waals surface area contributed by atoms with Gasteiger partial charge in [0, 0.05) is 32.9 Å². The van der Waals surface area contributed by atoms with Gasteiger partial charge in [-0.3, -0.25) is 14.4 Å². The number of carbonyl (C=O) groups is 2. The van der Waals surface area contributed by atoms with Crippen LogP contribution >= 0.6 is 0 Å². The van der Waals surface area contributed by atoms with E-state index in [1.165, 1.54) is 17.1 Å². The molecule has 160 valence electrons. The fourth-order valence-corrected chi connectivity index (χ4v) is 3.82. The molecule has 0 fully saturated rings. The van der Waals surface area contributed by atoms with Crippen molar-refractivity contribution in [1.82, 2.24) is 14.8 Å². The molecule has 0 radical (unpaired) electrons. The minimum Gasteiger partial charge on any atom is -0.497 e. The molecular formula is C23H23N3O5. The van der Waals surface area contributed by atoms with Crippen LogP contribution in [0.4, 0.5) is 0 Å². The van der Waals surface area contributed by atoms with Gasteiger partial charge < -0.3 is 23.9 Å². The van der Waals surface area contributed by atoms with Crippen LogP contribution in [0.15, 0.2) is 58.3 Å². The highest BCUT2D eigenvalue weighted by Gasteiger charge is 2.28. The number of aryl methyl sites for hydroxylation is 1. The van der Waals surface area contributed by atoms with Crippen molar-refractivity contribution in [3.8, 4) is 5.75 Å². The summed E-state index contributed by atoms with van der Waals surface area (Å²) in [6.07, 6.45) is 5.00. The molecule has 3 aromatic rings. The fourth-order valence-electron chi connectivity index (χ4n) is 3.82. The molecule has 0 bridgehead atoms. The number of rotatable bonds is 5. The fraction of sp³-hybridized carbons (Fsp3) is 0.261. The number of furan rings is 1. The van der Waals surface area contributed by atoms with Crippen molar-refractivity contribution in [2.45, 2.75) is 19.5 Å². The normalized spacial score (nSPS) is 12.9. The Morgan fingerprint density at radius 3 is 2.84 bits per heavy atom. The monoisotopic (exact) mass is 421 g/mol. The second-order valence-corrected chi connectivity index (χ2v) is 7.45. The van der Waals surface area contributed by atoms with Gasteiger partial charge in [-0.1, -0.05) is 12.1 Å². The first kappa shape index (κ1) is 20.5. The van der Waals surface area contributed by atoms with Crippen LogP contribution in [-0.4, -0.2) is 34.9 Å². The zero-order valence-electron chi connectivity index (χ0n) is 17.4. The number of nitrogens with zero attached hydrogens (tertiary/aromatic N) is 2. The van der Waals surface area contributed by atoms with Crippen LogP contribution in [0, 0.1) is 0 Å². The molecule has 1 aromatic carbocycles. The summed E-state index contributed by atoms with van der Waals surface area (Å²) in [5.74, 6) is 0.134. The summed E-state index contributed by atoms with van der Waals surface area (Å²) < 4.78 is 11.6. The van der Waals surface area contributed by atoms with Gasteiger partial charge in [-0.2, -0.15) is 0 Å². The maximum Gasteiger partial charge on any atom is 0.263 e. The first-order chi connectivity index (χ1) is 15.0. The topological polar surface area (TPSA) is 93.8 Å². The van der Waals surface area contributed by atoms with Crippen LogP contribution in [0.3, 0.4) is 0 Å². The molecule has 2 aromatic heterocycles. The van der Waals surface area contributed by atoms with Gasteiger partial charge in [0.25, 0.3) is 17.4 Å². The molecule has 0 atom stereocenters. The molecule has 0 saturated heterocycles. The first-order valence-electron chi connectivity index (χ1n) is 9.92. The SMILES string of the molecule is COc1cccc(CNC(=O)c2c3c(cn(C)c2=O)CN(C(=O)c2ccoc2)CC3)c1. The van der Waals surface area contributed by atoms with E-state index in [1.54, 1.807) is 31.3 Å². The van der Waals surface area contributed by atoms with Crippen LogP contribution in [-0.2, 0) is 26.6 Å². The van der Waals surface area contributed by atoms with E-state index >= 15 is 0 Å². The molecule has 4 rings (SSSR count). The number of carbonyl (C=O) groups excluding carboxylic acids is 2. The highest BCUT2D eigenvalue weighted by atomic mass is 16.5. The molecule has 1 aliphatic heterocycles. The maximum atomic E-state index is 13.0. The third-order valence-corrected chi connectivity index (χ3v) is 5.44. The summed E-state index contributed by atoms with van der Waals surface area (Å²) >= 11 is 0. The number of nitrogens with one attached hydrogen (secondary N) is 1. The first-order valence-corrected chi connectivity index (χ1v) is 9.92. The molecule has 8 heteroatoms. The molecule has 0 spiro atoms. The van der Waals surface area contributed by atoms with Gasteiger partial charge in [0.05, 0.1) is 18.9 Å². The smallest absolute Gasteiger partial charge is 0.263 e. The Balaban J connectivity index is 1.57. The number of hydrogen-bond acceptors (Lipinski definition) is 5. The lowest BCUT2D eigenvalue weighted by molar-refractivity contribution is 0.0733. The Labute approximate surface area is 179 Å². The number of amides is 2. The number of pyridine rings is 1. The Kier molecular flexibility index (Phi) is 5.62. The van der Waals surface area contributed by atoms with E-state index in [-0.39, 0.29) is 23.6 Å². The maximum absolute atomic E-state index is 13.0. The summed E-state index contributed by atoms with van der Waals surface area (Å²) in [4.78, 5) is 40.1. The number of methoxy groups -OCH3 is 1. The van der Waals surface area contributed by atoms with Crippen molar-refractivity contribution in [3.05, 3.63) is 87.2 Å². The molecule has 0 unspecified atom stereocenters. The van der Waals surface area contributed by atoms with Gasteiger partial charge in [-0.05, 0) is 41.3 Å². The van der Waals surface area contributed by atoms with Gasteiger partial charge in [0.2, 0.25) is 0 Å². The van der Waals surface area contributed by atoms with Crippen LogP contribution < -0.4 is 15.6 Å². The number of ether oxygens (including phenoxy) is 1. The number of hydrogen-bond donors (Lipinski definition) is 1. The average molecular weight is 421 g/mol. The van der Waals surface area contributed by atoms with Crippen LogP contribution in [0.25, 0.3) is 0 Å². The zero-order chi connectivity index (χ0) is 22.0. The van der Waals surface area contributed by atoms with Crippen molar-refractivity contribution in [3.63, 3.8) is 0 Å². The lowest BCUT2D eigenvalue weighted by Gasteiger charge is -2.30. The lowest BCUT2D eigenvalue weighted by atomic mass is 9.95. The predicted molar refractivity (Wildman–Crippen MR) is 113 cm³/mol. The van der Waals surface area contributed by atoms with E-state index in [1.807, 2.05) is 24.3 Å². The number of aromatic nitrogens is 1. The molecule has 0 aliphatic carbocycles. The van der Waals surface area contributed by atoms with Gasteiger partial charge in [0.15, 0.2) is 0 Å². The Morgan fingerprint density at radius 2 is 2.10 bits per heavy atom. The highest BCUT2D eigenvalue weighted by Crippen LogP contribution is 2.22. The highest BCUT2D eigenvalue weighted by molar-refractivity contribution is 5.96. The van der Waals surface area contributed by atoms with Crippen molar-refractivity contribution in [1.29, 1.82) is 0 Å². The van der Waals surface area contributed by atoms with Crippen molar-refractivity contribution >= 4 is 11.8 Å². The number of benzene rings is 1. The van der Waals surface area contributed by atoms with Gasteiger partial charge in [0.1, 0.15) is 17.6 Å².